The fourth-order valence-corrected chi connectivity index (χ4v) is 4.32. The lowest BCUT2D eigenvalue weighted by molar-refractivity contribution is -0.121. The molecule has 2 aromatic carbocycles. The van der Waals surface area contributed by atoms with Gasteiger partial charge < -0.3 is 10.2 Å². The molecule has 2 amide bonds. The zero-order valence-corrected chi connectivity index (χ0v) is 17.9. The predicted molar refractivity (Wildman–Crippen MR) is 119 cm³/mol. The zero-order valence-electron chi connectivity index (χ0n) is 17.1. The maximum Gasteiger partial charge on any atom is 0.272 e. The van der Waals surface area contributed by atoms with Gasteiger partial charge in [0.15, 0.2) is 5.16 Å². The van der Waals surface area contributed by atoms with Gasteiger partial charge in [0.05, 0.1) is 12.1 Å². The first-order chi connectivity index (χ1) is 15.1. The maximum absolute atomic E-state index is 13.4. The number of rotatable bonds is 5. The van der Waals surface area contributed by atoms with Crippen molar-refractivity contribution in [2.45, 2.75) is 18.0 Å². The molecular formula is C23H23FN4O2S. The fraction of sp³-hybridized carbons (Fsp3) is 0.261. The summed E-state index contributed by atoms with van der Waals surface area (Å²) in [7, 11) is 0. The van der Waals surface area contributed by atoms with Crippen LogP contribution in [0.15, 0.2) is 66.0 Å². The third-order valence-corrected chi connectivity index (χ3v) is 5.99. The Kier molecular flexibility index (Phi) is 6.36. The second-order valence-electron chi connectivity index (χ2n) is 7.39. The van der Waals surface area contributed by atoms with E-state index >= 15 is 0 Å². The van der Waals surface area contributed by atoms with Crippen LogP contribution in [0.2, 0.25) is 0 Å². The first kappa shape index (κ1) is 21.1. The Balaban J connectivity index is 1.53. The number of amides is 2. The van der Waals surface area contributed by atoms with Crippen LogP contribution < -0.4 is 5.32 Å². The van der Waals surface area contributed by atoms with Gasteiger partial charge in [-0.25, -0.2) is 9.37 Å². The van der Waals surface area contributed by atoms with Crippen molar-refractivity contribution in [3.63, 3.8) is 0 Å². The average Bonchev–Trinajstić information content (AvgIpc) is 3.24. The highest BCUT2D eigenvalue weighted by atomic mass is 32.2. The SMILES string of the molecule is CSc1ncc(C(=O)N2CCC[C@@H](C(=O)Nc3ccccc3)C2)n1-c1ccc(F)cc1. The van der Waals surface area contributed by atoms with Gasteiger partial charge >= 0.3 is 0 Å². The molecule has 1 saturated heterocycles. The van der Waals surface area contributed by atoms with Crippen LogP contribution in [0, 0.1) is 11.7 Å². The number of hydrogen-bond acceptors (Lipinski definition) is 4. The molecule has 6 nitrogen and oxygen atoms in total. The van der Waals surface area contributed by atoms with E-state index in [4.69, 9.17) is 0 Å². The van der Waals surface area contributed by atoms with E-state index in [1.807, 2.05) is 36.6 Å². The van der Waals surface area contributed by atoms with Crippen LogP contribution in [0.1, 0.15) is 23.3 Å². The third kappa shape index (κ3) is 4.64. The van der Waals surface area contributed by atoms with Crippen molar-refractivity contribution in [2.24, 2.45) is 5.92 Å². The minimum atomic E-state index is -0.342. The first-order valence-corrected chi connectivity index (χ1v) is 11.3. The lowest BCUT2D eigenvalue weighted by Crippen LogP contribution is -2.44. The molecule has 0 spiro atoms. The largest absolute Gasteiger partial charge is 0.337 e. The summed E-state index contributed by atoms with van der Waals surface area (Å²) in [5.41, 5.74) is 1.82. The molecule has 4 rings (SSSR count). The van der Waals surface area contributed by atoms with E-state index in [0.717, 1.165) is 18.5 Å². The second-order valence-corrected chi connectivity index (χ2v) is 8.16. The molecule has 0 unspecified atom stereocenters. The van der Waals surface area contributed by atoms with Gasteiger partial charge in [-0.3, -0.25) is 14.2 Å². The van der Waals surface area contributed by atoms with E-state index in [-0.39, 0.29) is 23.5 Å². The van der Waals surface area contributed by atoms with E-state index in [2.05, 4.69) is 10.3 Å². The Morgan fingerprint density at radius 1 is 1.13 bits per heavy atom. The van der Waals surface area contributed by atoms with Crippen molar-refractivity contribution in [1.82, 2.24) is 14.5 Å². The fourth-order valence-electron chi connectivity index (χ4n) is 3.77. The van der Waals surface area contributed by atoms with E-state index in [0.29, 0.717) is 29.6 Å². The molecule has 0 bridgehead atoms. The van der Waals surface area contributed by atoms with Crippen LogP contribution in [-0.4, -0.2) is 45.6 Å². The monoisotopic (exact) mass is 438 g/mol. The molecular weight excluding hydrogens is 415 g/mol. The highest BCUT2D eigenvalue weighted by Crippen LogP contribution is 2.25. The molecule has 1 aliphatic rings. The molecule has 0 radical (unpaired) electrons. The number of thioether (sulfide) groups is 1. The molecule has 1 fully saturated rings. The molecule has 1 N–H and O–H groups in total. The number of anilines is 1. The Morgan fingerprint density at radius 3 is 2.58 bits per heavy atom. The van der Waals surface area contributed by atoms with Gasteiger partial charge in [-0.15, -0.1) is 0 Å². The quantitative estimate of drug-likeness (QED) is 0.606. The van der Waals surface area contributed by atoms with Gasteiger partial charge in [0.2, 0.25) is 5.91 Å². The average molecular weight is 439 g/mol. The minimum Gasteiger partial charge on any atom is -0.337 e. The number of aromatic nitrogens is 2. The summed E-state index contributed by atoms with van der Waals surface area (Å²) in [5.74, 6) is -0.888. The van der Waals surface area contributed by atoms with Crippen molar-refractivity contribution in [2.75, 3.05) is 24.7 Å². The second kappa shape index (κ2) is 9.34. The van der Waals surface area contributed by atoms with Crippen LogP contribution in [0.4, 0.5) is 10.1 Å². The summed E-state index contributed by atoms with van der Waals surface area (Å²) in [6.45, 7) is 0.928. The molecule has 1 aromatic heterocycles. The minimum absolute atomic E-state index is 0.0828. The maximum atomic E-state index is 13.4. The van der Waals surface area contributed by atoms with Gasteiger partial charge in [-0.2, -0.15) is 0 Å². The van der Waals surface area contributed by atoms with Crippen molar-refractivity contribution in [3.8, 4) is 5.69 Å². The molecule has 1 atom stereocenters. The first-order valence-electron chi connectivity index (χ1n) is 10.1. The van der Waals surface area contributed by atoms with Crippen LogP contribution in [0.3, 0.4) is 0 Å². The number of carbonyl (C=O) groups excluding carboxylic acids is 2. The van der Waals surface area contributed by atoms with Crippen LogP contribution in [0.25, 0.3) is 5.69 Å². The molecule has 1 aliphatic heterocycles. The Hall–Kier alpha value is -3.13. The lowest BCUT2D eigenvalue weighted by Gasteiger charge is -2.32. The Morgan fingerprint density at radius 2 is 1.87 bits per heavy atom. The summed E-state index contributed by atoms with van der Waals surface area (Å²) in [6.07, 6.45) is 4.90. The number of likely N-dealkylation sites (tertiary alicyclic amines) is 1. The summed E-state index contributed by atoms with van der Waals surface area (Å²) < 4.78 is 15.1. The highest BCUT2D eigenvalue weighted by molar-refractivity contribution is 7.98. The van der Waals surface area contributed by atoms with Crippen LogP contribution >= 0.6 is 11.8 Å². The summed E-state index contributed by atoms with van der Waals surface area (Å²) in [6, 6.07) is 15.3. The zero-order chi connectivity index (χ0) is 21.8. The van der Waals surface area contributed by atoms with Crippen molar-refractivity contribution in [3.05, 3.63) is 72.3 Å². The molecule has 160 valence electrons. The molecule has 0 saturated carbocycles. The smallest absolute Gasteiger partial charge is 0.272 e. The number of para-hydroxylation sites is 1. The Labute approximate surface area is 184 Å². The topological polar surface area (TPSA) is 67.2 Å². The summed E-state index contributed by atoms with van der Waals surface area (Å²) >= 11 is 1.41. The van der Waals surface area contributed by atoms with Gasteiger partial charge in [0.1, 0.15) is 11.5 Å². The summed E-state index contributed by atoms with van der Waals surface area (Å²) in [5, 5.41) is 3.58. The number of nitrogens with one attached hydrogen (secondary N) is 1. The van der Waals surface area contributed by atoms with Gasteiger partial charge in [-0.1, -0.05) is 30.0 Å². The third-order valence-electron chi connectivity index (χ3n) is 5.34. The van der Waals surface area contributed by atoms with E-state index < -0.39 is 0 Å². The normalized spacial score (nSPS) is 16.2. The number of halogens is 1. The lowest BCUT2D eigenvalue weighted by atomic mass is 9.96. The highest BCUT2D eigenvalue weighted by Gasteiger charge is 2.31. The number of piperidine rings is 1. The van der Waals surface area contributed by atoms with Gasteiger partial charge in [0, 0.05) is 24.5 Å². The van der Waals surface area contributed by atoms with Crippen LogP contribution in [0.5, 0.6) is 0 Å². The number of hydrogen-bond donors (Lipinski definition) is 1. The molecule has 2 heterocycles. The van der Waals surface area contributed by atoms with Crippen LogP contribution in [-0.2, 0) is 4.79 Å². The number of nitrogens with zero attached hydrogens (tertiary/aromatic N) is 3. The van der Waals surface area contributed by atoms with E-state index in [1.165, 1.54) is 23.9 Å². The number of carbonyl (C=O) groups is 2. The summed E-state index contributed by atoms with van der Waals surface area (Å²) in [4.78, 5) is 32.2. The van der Waals surface area contributed by atoms with Crippen molar-refractivity contribution in [1.29, 1.82) is 0 Å². The predicted octanol–water partition coefficient (Wildman–Crippen LogP) is 4.22. The number of benzene rings is 2. The van der Waals surface area contributed by atoms with E-state index in [9.17, 15) is 14.0 Å². The molecule has 31 heavy (non-hydrogen) atoms. The van der Waals surface area contributed by atoms with Crippen molar-refractivity contribution >= 4 is 29.3 Å². The van der Waals surface area contributed by atoms with E-state index in [1.54, 1.807) is 27.8 Å². The molecule has 3 aromatic rings. The standard InChI is InChI=1S/C23H23FN4O2S/c1-31-23-25-14-20(28(23)19-11-9-17(24)10-12-19)22(30)27-13-5-6-16(15-27)21(29)26-18-7-3-2-4-8-18/h2-4,7-12,14,16H,5-6,13,15H2,1H3,(H,26,29)/t16-/m1/s1. The number of imidazole rings is 1. The molecule has 8 heteroatoms. The van der Waals surface area contributed by atoms with Gasteiger partial charge in [0.25, 0.3) is 5.91 Å². The Bertz CT molecular complexity index is 1070. The molecule has 0 aliphatic carbocycles. The van der Waals surface area contributed by atoms with Gasteiger partial charge in [-0.05, 0) is 55.5 Å². The van der Waals surface area contributed by atoms with Crippen molar-refractivity contribution < 1.29 is 14.0 Å².